The van der Waals surface area contributed by atoms with Crippen LogP contribution in [0, 0.1) is 19.3 Å². The van der Waals surface area contributed by atoms with Crippen molar-refractivity contribution in [2.24, 2.45) is 12.5 Å². The van der Waals surface area contributed by atoms with Crippen molar-refractivity contribution in [3.05, 3.63) is 17.0 Å². The van der Waals surface area contributed by atoms with Gasteiger partial charge >= 0.3 is 0 Å². The molecule has 0 spiro atoms. The molecule has 6 nitrogen and oxygen atoms in total. The molecule has 2 N–H and O–H groups in total. The summed E-state index contributed by atoms with van der Waals surface area (Å²) in [6.45, 7) is 10.7. The Kier molecular flexibility index (Phi) is 4.87. The Balaban J connectivity index is 1.92. The van der Waals surface area contributed by atoms with E-state index in [9.17, 15) is 9.90 Å². The van der Waals surface area contributed by atoms with Crippen molar-refractivity contribution < 1.29 is 14.6 Å². The summed E-state index contributed by atoms with van der Waals surface area (Å²) in [6.07, 6.45) is 0.882. The maximum Gasteiger partial charge on any atom is 0.224 e. The zero-order valence-corrected chi connectivity index (χ0v) is 15.1. The summed E-state index contributed by atoms with van der Waals surface area (Å²) in [5.74, 6) is -0.0896. The van der Waals surface area contributed by atoms with Gasteiger partial charge in [0.15, 0.2) is 0 Å². The molecular formula is C17H29N3O3. The fraction of sp³-hybridized carbons (Fsp3) is 0.765. The minimum absolute atomic E-state index is 0.0391. The van der Waals surface area contributed by atoms with Crippen molar-refractivity contribution >= 4 is 5.91 Å². The normalized spacial score (nSPS) is 26.0. The number of ether oxygens (including phenoxy) is 1. The number of hydrogen-bond donors (Lipinski definition) is 2. The van der Waals surface area contributed by atoms with E-state index in [1.54, 1.807) is 4.68 Å². The van der Waals surface area contributed by atoms with E-state index in [-0.39, 0.29) is 30.4 Å². The van der Waals surface area contributed by atoms with Crippen LogP contribution >= 0.6 is 0 Å². The first kappa shape index (κ1) is 17.9. The van der Waals surface area contributed by atoms with Crippen LogP contribution in [0.5, 0.6) is 0 Å². The molecule has 130 valence electrons. The smallest absolute Gasteiger partial charge is 0.224 e. The van der Waals surface area contributed by atoms with Crippen LogP contribution in [0.3, 0.4) is 0 Å². The number of nitrogens with one attached hydrogen (secondary N) is 1. The molecule has 1 aromatic heterocycles. The molecule has 0 aromatic carbocycles. The lowest BCUT2D eigenvalue weighted by Crippen LogP contribution is -2.68. The summed E-state index contributed by atoms with van der Waals surface area (Å²) in [5, 5.41) is 18.0. The minimum atomic E-state index is -0.915. The molecule has 1 saturated carbocycles. The molecule has 1 aliphatic rings. The quantitative estimate of drug-likeness (QED) is 0.826. The number of rotatable bonds is 6. The van der Waals surface area contributed by atoms with Crippen LogP contribution in [0.1, 0.15) is 44.1 Å². The predicted molar refractivity (Wildman–Crippen MR) is 88.2 cm³/mol. The van der Waals surface area contributed by atoms with Gasteiger partial charge in [-0.05, 0) is 20.8 Å². The third kappa shape index (κ3) is 3.15. The monoisotopic (exact) mass is 323 g/mol. The third-order valence-electron chi connectivity index (χ3n) is 5.47. The summed E-state index contributed by atoms with van der Waals surface area (Å²) in [7, 11) is 1.87. The highest BCUT2D eigenvalue weighted by Crippen LogP contribution is 2.50. The van der Waals surface area contributed by atoms with E-state index in [1.807, 2.05) is 41.7 Å². The van der Waals surface area contributed by atoms with E-state index < -0.39 is 5.60 Å². The van der Waals surface area contributed by atoms with Gasteiger partial charge in [0.05, 0.1) is 23.8 Å². The fourth-order valence-corrected chi connectivity index (χ4v) is 3.30. The fourth-order valence-electron chi connectivity index (χ4n) is 3.30. The summed E-state index contributed by atoms with van der Waals surface area (Å²) < 4.78 is 7.43. The molecule has 0 radical (unpaired) electrons. The van der Waals surface area contributed by atoms with Gasteiger partial charge < -0.3 is 15.2 Å². The summed E-state index contributed by atoms with van der Waals surface area (Å²) >= 11 is 0. The standard InChI is InChI=1S/C17H29N3O3/c1-7-23-14-9-17(22,16(14,4)5)10-18-15(21)8-13-11(2)19-20(6)12(13)3/h14,22H,7-10H2,1-6H3,(H,18,21)/t14-,17-/m0/s1. The van der Waals surface area contributed by atoms with Crippen molar-refractivity contribution in [1.29, 1.82) is 0 Å². The molecule has 2 atom stereocenters. The molecule has 0 unspecified atom stereocenters. The molecule has 1 aromatic rings. The Hall–Kier alpha value is -1.40. The molecule has 0 aliphatic heterocycles. The van der Waals surface area contributed by atoms with Gasteiger partial charge in [-0.25, -0.2) is 0 Å². The second-order valence-corrected chi connectivity index (χ2v) is 7.13. The Bertz CT molecular complexity index is 594. The van der Waals surface area contributed by atoms with Crippen molar-refractivity contribution in [3.8, 4) is 0 Å². The first-order valence-corrected chi connectivity index (χ1v) is 8.22. The SMILES string of the molecule is CCO[C@H]1C[C@](O)(CNC(=O)Cc2c(C)nn(C)c2C)C1(C)C. The van der Waals surface area contributed by atoms with Gasteiger partial charge in [0.25, 0.3) is 0 Å². The number of aromatic nitrogens is 2. The average Bonchev–Trinajstić information content (AvgIpc) is 2.71. The van der Waals surface area contributed by atoms with E-state index in [1.165, 1.54) is 0 Å². The van der Waals surface area contributed by atoms with Gasteiger partial charge in [-0.2, -0.15) is 5.10 Å². The number of carbonyl (C=O) groups is 1. The van der Waals surface area contributed by atoms with E-state index in [0.717, 1.165) is 17.0 Å². The van der Waals surface area contributed by atoms with Crippen LogP contribution in [0.15, 0.2) is 0 Å². The largest absolute Gasteiger partial charge is 0.387 e. The number of nitrogens with zero attached hydrogens (tertiary/aromatic N) is 2. The Morgan fingerprint density at radius 3 is 2.61 bits per heavy atom. The van der Waals surface area contributed by atoms with Crippen molar-refractivity contribution in [2.45, 2.75) is 59.2 Å². The Labute approximate surface area is 138 Å². The third-order valence-corrected chi connectivity index (χ3v) is 5.47. The highest BCUT2D eigenvalue weighted by molar-refractivity contribution is 5.79. The molecule has 1 amide bonds. The Morgan fingerprint density at radius 1 is 1.48 bits per heavy atom. The lowest BCUT2D eigenvalue weighted by atomic mass is 9.56. The maximum absolute atomic E-state index is 12.2. The van der Waals surface area contributed by atoms with Gasteiger partial charge in [0, 0.05) is 43.3 Å². The molecule has 2 rings (SSSR count). The van der Waals surface area contributed by atoms with Crippen LogP contribution in [-0.4, -0.2) is 45.7 Å². The van der Waals surface area contributed by atoms with Crippen molar-refractivity contribution in [1.82, 2.24) is 15.1 Å². The van der Waals surface area contributed by atoms with Crippen LogP contribution < -0.4 is 5.32 Å². The summed E-state index contributed by atoms with van der Waals surface area (Å²) in [5.41, 5.74) is 1.55. The van der Waals surface area contributed by atoms with Crippen LogP contribution in [0.2, 0.25) is 0 Å². The maximum atomic E-state index is 12.2. The predicted octanol–water partition coefficient (Wildman–Crippen LogP) is 1.26. The minimum Gasteiger partial charge on any atom is -0.387 e. The van der Waals surface area contributed by atoms with Gasteiger partial charge in [0.2, 0.25) is 5.91 Å². The van der Waals surface area contributed by atoms with Crippen LogP contribution in [-0.2, 0) is 23.0 Å². The summed E-state index contributed by atoms with van der Waals surface area (Å²) in [6, 6.07) is 0. The lowest BCUT2D eigenvalue weighted by molar-refractivity contribution is -0.238. The number of amides is 1. The number of carbonyl (C=O) groups excluding carboxylic acids is 1. The van der Waals surface area contributed by atoms with Gasteiger partial charge in [0.1, 0.15) is 0 Å². The zero-order valence-electron chi connectivity index (χ0n) is 15.1. The molecule has 1 fully saturated rings. The first-order valence-electron chi connectivity index (χ1n) is 8.22. The van der Waals surface area contributed by atoms with E-state index in [0.29, 0.717) is 13.0 Å². The van der Waals surface area contributed by atoms with E-state index >= 15 is 0 Å². The highest BCUT2D eigenvalue weighted by atomic mass is 16.5. The molecule has 1 heterocycles. The highest BCUT2D eigenvalue weighted by Gasteiger charge is 2.59. The van der Waals surface area contributed by atoms with Gasteiger partial charge in [-0.3, -0.25) is 9.48 Å². The number of hydrogen-bond acceptors (Lipinski definition) is 4. The van der Waals surface area contributed by atoms with Crippen molar-refractivity contribution in [2.75, 3.05) is 13.2 Å². The number of aliphatic hydroxyl groups is 1. The second kappa shape index (κ2) is 6.24. The van der Waals surface area contributed by atoms with Gasteiger partial charge in [-0.15, -0.1) is 0 Å². The number of aryl methyl sites for hydroxylation is 2. The first-order chi connectivity index (χ1) is 10.6. The lowest BCUT2D eigenvalue weighted by Gasteiger charge is -2.57. The molecular weight excluding hydrogens is 294 g/mol. The van der Waals surface area contributed by atoms with Crippen LogP contribution in [0.25, 0.3) is 0 Å². The second-order valence-electron chi connectivity index (χ2n) is 7.13. The molecule has 1 aliphatic carbocycles. The molecule has 23 heavy (non-hydrogen) atoms. The van der Waals surface area contributed by atoms with Gasteiger partial charge in [-0.1, -0.05) is 13.8 Å². The zero-order chi connectivity index (χ0) is 17.4. The summed E-state index contributed by atoms with van der Waals surface area (Å²) in [4.78, 5) is 12.2. The topological polar surface area (TPSA) is 76.4 Å². The van der Waals surface area contributed by atoms with E-state index in [4.69, 9.17) is 4.74 Å². The molecule has 0 saturated heterocycles. The van der Waals surface area contributed by atoms with Crippen LogP contribution in [0.4, 0.5) is 0 Å². The average molecular weight is 323 g/mol. The Morgan fingerprint density at radius 2 is 2.13 bits per heavy atom. The molecule has 0 bridgehead atoms. The van der Waals surface area contributed by atoms with Crippen molar-refractivity contribution in [3.63, 3.8) is 0 Å². The molecule has 6 heteroatoms. The van der Waals surface area contributed by atoms with E-state index in [2.05, 4.69) is 10.4 Å².